The number of carbonyl (C=O) groups is 1. The number of aromatic nitrogens is 1. The molecule has 2 aromatic rings. The molecular weight excluding hydrogens is 312 g/mol. The lowest BCUT2D eigenvalue weighted by molar-refractivity contribution is 0.0337. The summed E-state index contributed by atoms with van der Waals surface area (Å²) < 4.78 is 5.34. The number of benzene rings is 1. The summed E-state index contributed by atoms with van der Waals surface area (Å²) in [5, 5.41) is 8.59. The van der Waals surface area contributed by atoms with E-state index in [0.29, 0.717) is 6.54 Å². The van der Waals surface area contributed by atoms with E-state index in [0.717, 1.165) is 49.2 Å². The van der Waals surface area contributed by atoms with Crippen molar-refractivity contribution in [3.63, 3.8) is 0 Å². The van der Waals surface area contributed by atoms with Gasteiger partial charge in [-0.15, -0.1) is 11.3 Å². The molecule has 3 rings (SSSR count). The van der Waals surface area contributed by atoms with E-state index < -0.39 is 0 Å². The number of morpholine rings is 1. The van der Waals surface area contributed by atoms with Gasteiger partial charge in [0.2, 0.25) is 0 Å². The van der Waals surface area contributed by atoms with Crippen molar-refractivity contribution in [3.8, 4) is 0 Å². The fourth-order valence-corrected chi connectivity index (χ4v) is 3.07. The summed E-state index contributed by atoms with van der Waals surface area (Å²) in [7, 11) is 0. The normalized spacial score (nSPS) is 15.3. The van der Waals surface area contributed by atoms with Gasteiger partial charge in [0, 0.05) is 30.7 Å². The second-order valence-corrected chi connectivity index (χ2v) is 6.24. The number of para-hydroxylation sites is 1. The van der Waals surface area contributed by atoms with Crippen LogP contribution in [0.5, 0.6) is 0 Å². The largest absolute Gasteiger partial charge is 0.379 e. The molecule has 0 unspecified atom stereocenters. The van der Waals surface area contributed by atoms with Gasteiger partial charge in [-0.25, -0.2) is 9.78 Å². The van der Waals surface area contributed by atoms with Gasteiger partial charge in [0.1, 0.15) is 5.01 Å². The third-order valence-electron chi connectivity index (χ3n) is 3.52. The zero-order chi connectivity index (χ0) is 15.9. The molecule has 1 aliphatic heterocycles. The minimum absolute atomic E-state index is 0.221. The van der Waals surface area contributed by atoms with Crippen molar-refractivity contribution in [3.05, 3.63) is 46.4 Å². The summed E-state index contributed by atoms with van der Waals surface area (Å²) in [4.78, 5) is 18.8. The first-order valence-corrected chi connectivity index (χ1v) is 8.51. The first-order valence-electron chi connectivity index (χ1n) is 7.63. The van der Waals surface area contributed by atoms with Crippen LogP contribution in [0.3, 0.4) is 0 Å². The summed E-state index contributed by atoms with van der Waals surface area (Å²) in [6.07, 6.45) is 0. The Balaban J connectivity index is 1.44. The van der Waals surface area contributed by atoms with Crippen LogP contribution in [0.2, 0.25) is 0 Å². The van der Waals surface area contributed by atoms with Crippen LogP contribution in [0.15, 0.2) is 35.7 Å². The molecule has 1 fully saturated rings. The van der Waals surface area contributed by atoms with Crippen LogP contribution in [0.25, 0.3) is 0 Å². The van der Waals surface area contributed by atoms with Crippen molar-refractivity contribution in [1.82, 2.24) is 15.2 Å². The Bertz CT molecular complexity index is 626. The van der Waals surface area contributed by atoms with E-state index in [1.807, 2.05) is 30.3 Å². The molecule has 1 aromatic heterocycles. The molecule has 0 spiro atoms. The highest BCUT2D eigenvalue weighted by molar-refractivity contribution is 7.09. The van der Waals surface area contributed by atoms with Gasteiger partial charge in [0.15, 0.2) is 0 Å². The number of rotatable bonds is 5. The Morgan fingerprint density at radius 2 is 2.04 bits per heavy atom. The van der Waals surface area contributed by atoms with Crippen molar-refractivity contribution >= 4 is 23.1 Å². The third kappa shape index (κ3) is 5.02. The second kappa shape index (κ2) is 8.05. The van der Waals surface area contributed by atoms with Crippen LogP contribution in [-0.2, 0) is 17.8 Å². The summed E-state index contributed by atoms with van der Waals surface area (Å²) in [5.74, 6) is 0. The van der Waals surface area contributed by atoms with Gasteiger partial charge in [-0.3, -0.25) is 4.90 Å². The topological polar surface area (TPSA) is 66.5 Å². The number of hydrogen-bond acceptors (Lipinski definition) is 5. The molecule has 0 atom stereocenters. The molecule has 0 aliphatic carbocycles. The van der Waals surface area contributed by atoms with Crippen molar-refractivity contribution in [1.29, 1.82) is 0 Å². The van der Waals surface area contributed by atoms with Crippen LogP contribution in [-0.4, -0.2) is 42.2 Å². The molecule has 1 saturated heterocycles. The summed E-state index contributed by atoms with van der Waals surface area (Å²) in [5.41, 5.74) is 1.83. The van der Waals surface area contributed by atoms with E-state index in [1.54, 1.807) is 11.3 Å². The van der Waals surface area contributed by atoms with E-state index in [2.05, 4.69) is 25.9 Å². The molecule has 6 nitrogen and oxygen atoms in total. The molecule has 7 heteroatoms. The number of thiazole rings is 1. The van der Waals surface area contributed by atoms with Gasteiger partial charge < -0.3 is 15.4 Å². The third-order valence-corrected chi connectivity index (χ3v) is 4.42. The summed E-state index contributed by atoms with van der Waals surface area (Å²) >= 11 is 1.57. The Labute approximate surface area is 139 Å². The maximum Gasteiger partial charge on any atom is 0.319 e. The fraction of sp³-hybridized carbons (Fsp3) is 0.375. The number of nitrogens with one attached hydrogen (secondary N) is 2. The molecule has 1 aromatic carbocycles. The standard InChI is InChI=1S/C16H20N4O2S/c21-16(19-13-4-2-1-3-5-13)17-10-15-18-14(12-23-15)11-20-6-8-22-9-7-20/h1-5,12H,6-11H2,(H2,17,19,21). The van der Waals surface area contributed by atoms with Gasteiger partial charge >= 0.3 is 6.03 Å². The molecule has 0 radical (unpaired) electrons. The molecule has 2 heterocycles. The van der Waals surface area contributed by atoms with E-state index in [9.17, 15) is 4.79 Å². The number of amides is 2. The maximum absolute atomic E-state index is 11.8. The first-order chi connectivity index (χ1) is 11.3. The summed E-state index contributed by atoms with van der Waals surface area (Å²) in [6.45, 7) is 4.76. The SMILES string of the molecule is O=C(NCc1nc(CN2CCOCC2)cs1)Nc1ccccc1. The first kappa shape index (κ1) is 15.9. The predicted molar refractivity (Wildman–Crippen MR) is 90.5 cm³/mol. The molecule has 23 heavy (non-hydrogen) atoms. The second-order valence-electron chi connectivity index (χ2n) is 5.29. The van der Waals surface area contributed by atoms with Gasteiger partial charge in [0.25, 0.3) is 0 Å². The lowest BCUT2D eigenvalue weighted by Crippen LogP contribution is -2.35. The van der Waals surface area contributed by atoms with E-state index in [4.69, 9.17) is 4.74 Å². The number of nitrogens with zero attached hydrogens (tertiary/aromatic N) is 2. The van der Waals surface area contributed by atoms with Gasteiger partial charge in [0.05, 0.1) is 25.5 Å². The highest BCUT2D eigenvalue weighted by atomic mass is 32.1. The van der Waals surface area contributed by atoms with Crippen LogP contribution in [0.4, 0.5) is 10.5 Å². The van der Waals surface area contributed by atoms with Crippen molar-refractivity contribution in [2.45, 2.75) is 13.1 Å². The summed E-state index contributed by atoms with van der Waals surface area (Å²) in [6, 6.07) is 9.16. The minimum Gasteiger partial charge on any atom is -0.379 e. The van der Waals surface area contributed by atoms with Gasteiger partial charge in [-0.05, 0) is 12.1 Å². The quantitative estimate of drug-likeness (QED) is 0.882. The van der Waals surface area contributed by atoms with E-state index in [1.165, 1.54) is 0 Å². The number of urea groups is 1. The Hall–Kier alpha value is -1.96. The van der Waals surface area contributed by atoms with Gasteiger partial charge in [-0.2, -0.15) is 0 Å². The predicted octanol–water partition coefficient (Wildman–Crippen LogP) is 2.30. The molecule has 122 valence electrons. The van der Waals surface area contributed by atoms with Crippen molar-refractivity contribution < 1.29 is 9.53 Å². The molecular formula is C16H20N4O2S. The molecule has 1 aliphatic rings. The highest BCUT2D eigenvalue weighted by Crippen LogP contribution is 2.13. The average molecular weight is 332 g/mol. The zero-order valence-corrected chi connectivity index (χ0v) is 13.6. The number of anilines is 1. The number of ether oxygens (including phenoxy) is 1. The zero-order valence-electron chi connectivity index (χ0n) is 12.8. The van der Waals surface area contributed by atoms with Crippen LogP contribution in [0, 0.1) is 0 Å². The van der Waals surface area contributed by atoms with Gasteiger partial charge in [-0.1, -0.05) is 18.2 Å². The Morgan fingerprint density at radius 3 is 2.83 bits per heavy atom. The molecule has 2 N–H and O–H groups in total. The maximum atomic E-state index is 11.8. The molecule has 2 amide bonds. The van der Waals surface area contributed by atoms with Crippen LogP contribution >= 0.6 is 11.3 Å². The average Bonchev–Trinajstić information content (AvgIpc) is 3.02. The van der Waals surface area contributed by atoms with Crippen molar-refractivity contribution in [2.75, 3.05) is 31.6 Å². The molecule has 0 saturated carbocycles. The fourth-order valence-electron chi connectivity index (χ4n) is 2.34. The van der Waals surface area contributed by atoms with E-state index >= 15 is 0 Å². The Morgan fingerprint density at radius 1 is 1.26 bits per heavy atom. The minimum atomic E-state index is -0.221. The van der Waals surface area contributed by atoms with Crippen molar-refractivity contribution in [2.24, 2.45) is 0 Å². The van der Waals surface area contributed by atoms with Crippen LogP contribution < -0.4 is 10.6 Å². The highest BCUT2D eigenvalue weighted by Gasteiger charge is 2.12. The lowest BCUT2D eigenvalue weighted by atomic mass is 10.3. The Kier molecular flexibility index (Phi) is 5.57. The lowest BCUT2D eigenvalue weighted by Gasteiger charge is -2.25. The van der Waals surface area contributed by atoms with E-state index in [-0.39, 0.29) is 6.03 Å². The smallest absolute Gasteiger partial charge is 0.319 e. The monoisotopic (exact) mass is 332 g/mol. The molecule has 0 bridgehead atoms. The number of hydrogen-bond donors (Lipinski definition) is 2. The van der Waals surface area contributed by atoms with Crippen LogP contribution in [0.1, 0.15) is 10.7 Å². The number of carbonyl (C=O) groups excluding carboxylic acids is 1.